The third kappa shape index (κ3) is 5.43. The molecular weight excluding hydrogens is 436 g/mol. The summed E-state index contributed by atoms with van der Waals surface area (Å²) in [6.07, 6.45) is 6.68. The minimum Gasteiger partial charge on any atom is -0.497 e. The number of amides is 2. The van der Waals surface area contributed by atoms with Gasteiger partial charge in [0.25, 0.3) is 0 Å². The SMILES string of the molecule is CCC[C@@H]1C=C[C@H]2[C@H](C(=O)N(CCCCO)[C@@H]2C(=O)Nc2ccc(OC)cc2)[C@@H]1C(=O)OCC. The summed E-state index contributed by atoms with van der Waals surface area (Å²) in [4.78, 5) is 41.8. The Morgan fingerprint density at radius 1 is 1.12 bits per heavy atom. The Labute approximate surface area is 201 Å². The Morgan fingerprint density at radius 3 is 2.47 bits per heavy atom. The Balaban J connectivity index is 1.93. The summed E-state index contributed by atoms with van der Waals surface area (Å²) in [7, 11) is 1.57. The molecule has 186 valence electrons. The lowest BCUT2D eigenvalue weighted by atomic mass is 9.69. The average molecular weight is 473 g/mol. The minimum absolute atomic E-state index is 0.0154. The van der Waals surface area contributed by atoms with Crippen molar-refractivity contribution in [3.05, 3.63) is 36.4 Å². The maximum Gasteiger partial charge on any atom is 0.310 e. The van der Waals surface area contributed by atoms with Crippen LogP contribution in [0.2, 0.25) is 0 Å². The fourth-order valence-corrected chi connectivity index (χ4v) is 5.19. The maximum absolute atomic E-state index is 13.7. The lowest BCUT2D eigenvalue weighted by Crippen LogP contribution is -2.44. The largest absolute Gasteiger partial charge is 0.497 e. The van der Waals surface area contributed by atoms with E-state index in [1.54, 1.807) is 43.2 Å². The average Bonchev–Trinajstić information content (AvgIpc) is 3.11. The maximum atomic E-state index is 13.7. The monoisotopic (exact) mass is 472 g/mol. The molecule has 2 N–H and O–H groups in total. The van der Waals surface area contributed by atoms with Crippen LogP contribution in [-0.4, -0.2) is 60.7 Å². The van der Waals surface area contributed by atoms with Gasteiger partial charge in [0.2, 0.25) is 11.8 Å². The number of likely N-dealkylation sites (tertiary alicyclic amines) is 1. The lowest BCUT2D eigenvalue weighted by molar-refractivity contribution is -0.155. The van der Waals surface area contributed by atoms with Gasteiger partial charge in [-0.15, -0.1) is 0 Å². The van der Waals surface area contributed by atoms with Crippen molar-refractivity contribution in [2.24, 2.45) is 23.7 Å². The first-order valence-corrected chi connectivity index (χ1v) is 12.2. The number of methoxy groups -OCH3 is 1. The number of aliphatic hydroxyl groups excluding tert-OH is 1. The lowest BCUT2D eigenvalue weighted by Gasteiger charge is -2.33. The van der Waals surface area contributed by atoms with Crippen molar-refractivity contribution in [1.29, 1.82) is 0 Å². The molecule has 34 heavy (non-hydrogen) atoms. The van der Waals surface area contributed by atoms with Crippen molar-refractivity contribution in [1.82, 2.24) is 4.90 Å². The molecule has 1 saturated heterocycles. The van der Waals surface area contributed by atoms with Gasteiger partial charge in [0.15, 0.2) is 0 Å². The molecule has 1 aromatic carbocycles. The van der Waals surface area contributed by atoms with Gasteiger partial charge < -0.3 is 24.8 Å². The van der Waals surface area contributed by atoms with Crippen molar-refractivity contribution in [3.63, 3.8) is 0 Å². The number of allylic oxidation sites excluding steroid dienone is 1. The summed E-state index contributed by atoms with van der Waals surface area (Å²) >= 11 is 0. The first-order valence-electron chi connectivity index (χ1n) is 12.2. The zero-order valence-electron chi connectivity index (χ0n) is 20.2. The summed E-state index contributed by atoms with van der Waals surface area (Å²) in [5.74, 6) is -1.96. The van der Waals surface area contributed by atoms with Gasteiger partial charge in [-0.1, -0.05) is 25.5 Å². The number of carbonyl (C=O) groups is 3. The van der Waals surface area contributed by atoms with Crippen molar-refractivity contribution in [2.75, 3.05) is 32.2 Å². The van der Waals surface area contributed by atoms with E-state index in [0.717, 1.165) is 12.8 Å². The van der Waals surface area contributed by atoms with Crippen LogP contribution < -0.4 is 10.1 Å². The minimum atomic E-state index is -0.742. The number of esters is 1. The van der Waals surface area contributed by atoms with E-state index in [4.69, 9.17) is 9.47 Å². The highest BCUT2D eigenvalue weighted by molar-refractivity contribution is 6.01. The Morgan fingerprint density at radius 2 is 1.85 bits per heavy atom. The van der Waals surface area contributed by atoms with Crippen LogP contribution in [0.1, 0.15) is 39.5 Å². The molecule has 0 aromatic heterocycles. The van der Waals surface area contributed by atoms with Crippen LogP contribution in [0, 0.1) is 23.7 Å². The molecule has 3 rings (SSSR count). The second-order valence-corrected chi connectivity index (χ2v) is 8.84. The topological polar surface area (TPSA) is 105 Å². The first kappa shape index (κ1) is 25.7. The molecule has 1 heterocycles. The quantitative estimate of drug-likeness (QED) is 0.291. The molecule has 1 fully saturated rings. The van der Waals surface area contributed by atoms with Crippen molar-refractivity contribution < 1.29 is 29.0 Å². The number of unbranched alkanes of at least 4 members (excludes halogenated alkanes) is 1. The molecule has 2 amide bonds. The fourth-order valence-electron chi connectivity index (χ4n) is 5.19. The van der Waals surface area contributed by atoms with Crippen LogP contribution >= 0.6 is 0 Å². The Hall–Kier alpha value is -2.87. The number of hydrogen-bond acceptors (Lipinski definition) is 6. The summed E-state index contributed by atoms with van der Waals surface area (Å²) in [6, 6.07) is 6.26. The second-order valence-electron chi connectivity index (χ2n) is 8.84. The Bertz CT molecular complexity index is 884. The van der Waals surface area contributed by atoms with Gasteiger partial charge in [0.1, 0.15) is 11.8 Å². The van der Waals surface area contributed by atoms with Gasteiger partial charge in [0, 0.05) is 24.8 Å². The third-order valence-electron chi connectivity index (χ3n) is 6.73. The summed E-state index contributed by atoms with van der Waals surface area (Å²) < 4.78 is 10.5. The van der Waals surface area contributed by atoms with Crippen LogP contribution in [-0.2, 0) is 19.1 Å². The zero-order chi connectivity index (χ0) is 24.7. The molecule has 0 spiro atoms. The summed E-state index contributed by atoms with van der Waals surface area (Å²) in [5.41, 5.74) is 0.600. The van der Waals surface area contributed by atoms with E-state index in [9.17, 15) is 19.5 Å². The normalized spacial score (nSPS) is 25.7. The molecule has 1 aliphatic heterocycles. The van der Waals surface area contributed by atoms with E-state index in [-0.39, 0.29) is 36.9 Å². The molecule has 1 aromatic rings. The predicted molar refractivity (Wildman–Crippen MR) is 128 cm³/mol. The van der Waals surface area contributed by atoms with Gasteiger partial charge >= 0.3 is 5.97 Å². The number of benzene rings is 1. The highest BCUT2D eigenvalue weighted by Gasteiger charge is 2.57. The van der Waals surface area contributed by atoms with E-state index in [0.29, 0.717) is 30.8 Å². The molecule has 0 radical (unpaired) electrons. The van der Waals surface area contributed by atoms with Gasteiger partial charge in [-0.25, -0.2) is 0 Å². The number of rotatable bonds is 11. The molecule has 5 atom stereocenters. The van der Waals surface area contributed by atoms with Crippen molar-refractivity contribution in [3.8, 4) is 5.75 Å². The summed E-state index contributed by atoms with van der Waals surface area (Å²) in [6.45, 7) is 4.40. The predicted octanol–water partition coefficient (Wildman–Crippen LogP) is 3.01. The molecule has 0 bridgehead atoms. The molecule has 2 aliphatic rings. The molecule has 0 unspecified atom stereocenters. The van der Waals surface area contributed by atoms with E-state index in [1.165, 1.54) is 0 Å². The number of aliphatic hydroxyl groups is 1. The number of hydrogen-bond donors (Lipinski definition) is 2. The highest BCUT2D eigenvalue weighted by Crippen LogP contribution is 2.45. The fraction of sp³-hybridized carbons (Fsp3) is 0.577. The van der Waals surface area contributed by atoms with Gasteiger partial charge in [0.05, 0.1) is 25.6 Å². The summed E-state index contributed by atoms with van der Waals surface area (Å²) in [5, 5.41) is 12.2. The van der Waals surface area contributed by atoms with Gasteiger partial charge in [-0.3, -0.25) is 14.4 Å². The van der Waals surface area contributed by atoms with Crippen LogP contribution in [0.4, 0.5) is 5.69 Å². The van der Waals surface area contributed by atoms with E-state index in [2.05, 4.69) is 5.32 Å². The van der Waals surface area contributed by atoms with Crippen LogP contribution in [0.5, 0.6) is 5.75 Å². The number of ether oxygens (including phenoxy) is 2. The molecular formula is C26H36N2O6. The number of fused-ring (bicyclic) bond motifs is 1. The molecule has 8 nitrogen and oxygen atoms in total. The van der Waals surface area contributed by atoms with Crippen molar-refractivity contribution in [2.45, 2.75) is 45.6 Å². The van der Waals surface area contributed by atoms with Gasteiger partial charge in [-0.2, -0.15) is 0 Å². The van der Waals surface area contributed by atoms with E-state index < -0.39 is 23.8 Å². The Kier molecular flexibility index (Phi) is 9.10. The number of nitrogens with one attached hydrogen (secondary N) is 1. The van der Waals surface area contributed by atoms with Crippen LogP contribution in [0.25, 0.3) is 0 Å². The molecule has 1 aliphatic carbocycles. The number of nitrogens with zero attached hydrogens (tertiary/aromatic N) is 1. The number of anilines is 1. The van der Waals surface area contributed by atoms with E-state index >= 15 is 0 Å². The third-order valence-corrected chi connectivity index (χ3v) is 6.73. The zero-order valence-corrected chi connectivity index (χ0v) is 20.2. The highest BCUT2D eigenvalue weighted by atomic mass is 16.5. The first-order chi connectivity index (χ1) is 16.5. The molecule has 0 saturated carbocycles. The van der Waals surface area contributed by atoms with Gasteiger partial charge in [-0.05, 0) is 56.4 Å². The van der Waals surface area contributed by atoms with E-state index in [1.807, 2.05) is 19.1 Å². The second kappa shape index (κ2) is 12.0. The standard InChI is InChI=1S/C26H36N2O6/c1-4-8-17-9-14-20-22(21(17)26(32)34-5-2)25(31)28(15-6-7-16-29)23(20)24(30)27-18-10-12-19(33-3)13-11-18/h9-14,17,20-23,29H,4-8,15-16H2,1-3H3,(H,27,30)/t17-,20+,21-,22+,23+/m1/s1. The smallest absolute Gasteiger partial charge is 0.310 e. The molecule has 8 heteroatoms. The number of carbonyl (C=O) groups excluding carboxylic acids is 3. The van der Waals surface area contributed by atoms with Crippen molar-refractivity contribution >= 4 is 23.5 Å². The van der Waals surface area contributed by atoms with Crippen LogP contribution in [0.15, 0.2) is 36.4 Å². The van der Waals surface area contributed by atoms with Crippen LogP contribution in [0.3, 0.4) is 0 Å².